The molecule has 0 unspecified atom stereocenters. The maximum atomic E-state index is 10.9. The Morgan fingerprint density at radius 3 is 2.08 bits per heavy atom. The highest BCUT2D eigenvalue weighted by atomic mass is 16.1. The Bertz CT molecular complexity index is 118. The van der Waals surface area contributed by atoms with Crippen LogP contribution in [0.1, 0.15) is 64.7 Å². The SMILES string of the molecule is [CH2]CC(=O)CCCCCCCCC. The molecule has 0 atom stereocenters. The quantitative estimate of drug-likeness (QED) is 0.495. The zero-order valence-electron chi connectivity index (χ0n) is 8.98. The summed E-state index contributed by atoms with van der Waals surface area (Å²) in [7, 11) is 0. The van der Waals surface area contributed by atoms with Crippen LogP contribution in [0.5, 0.6) is 0 Å². The molecule has 0 aromatic carbocycles. The molecular formula is C12H23O. The second-order valence-corrected chi connectivity index (χ2v) is 3.66. The van der Waals surface area contributed by atoms with Crippen molar-refractivity contribution in [2.24, 2.45) is 0 Å². The summed E-state index contributed by atoms with van der Waals surface area (Å²) in [6.07, 6.45) is 10.2. The average Bonchev–Trinajstić information content (AvgIpc) is 2.16. The first kappa shape index (κ1) is 12.7. The molecule has 0 aromatic heterocycles. The largest absolute Gasteiger partial charge is 0.300 e. The lowest BCUT2D eigenvalue weighted by molar-refractivity contribution is -0.118. The van der Waals surface area contributed by atoms with E-state index in [1.54, 1.807) is 0 Å². The zero-order valence-corrected chi connectivity index (χ0v) is 8.98. The van der Waals surface area contributed by atoms with E-state index in [-0.39, 0.29) is 0 Å². The first-order chi connectivity index (χ1) is 6.31. The van der Waals surface area contributed by atoms with Gasteiger partial charge in [-0.1, -0.05) is 45.4 Å². The van der Waals surface area contributed by atoms with E-state index in [2.05, 4.69) is 13.8 Å². The van der Waals surface area contributed by atoms with Gasteiger partial charge in [0.25, 0.3) is 0 Å². The summed E-state index contributed by atoms with van der Waals surface area (Å²) in [6.45, 7) is 5.80. The molecule has 1 heteroatoms. The minimum Gasteiger partial charge on any atom is -0.300 e. The van der Waals surface area contributed by atoms with Gasteiger partial charge in [-0.2, -0.15) is 0 Å². The Labute approximate surface area is 82.9 Å². The molecule has 0 amide bonds. The normalized spacial score (nSPS) is 10.3. The monoisotopic (exact) mass is 183 g/mol. The molecule has 0 aliphatic carbocycles. The number of hydrogen-bond acceptors (Lipinski definition) is 1. The van der Waals surface area contributed by atoms with Gasteiger partial charge in [-0.05, 0) is 13.3 Å². The Hall–Kier alpha value is -0.330. The number of carbonyl (C=O) groups is 1. The minimum atomic E-state index is 0.313. The summed E-state index contributed by atoms with van der Waals surface area (Å²) in [5.41, 5.74) is 0. The Morgan fingerprint density at radius 1 is 1.00 bits per heavy atom. The second kappa shape index (κ2) is 9.76. The molecule has 0 fully saturated rings. The molecule has 1 radical (unpaired) electrons. The van der Waals surface area contributed by atoms with Crippen molar-refractivity contribution in [2.45, 2.75) is 64.7 Å². The van der Waals surface area contributed by atoms with Gasteiger partial charge in [0.05, 0.1) is 0 Å². The first-order valence-corrected chi connectivity index (χ1v) is 5.62. The molecule has 0 aromatic rings. The minimum absolute atomic E-state index is 0.313. The molecule has 13 heavy (non-hydrogen) atoms. The molecule has 0 spiro atoms. The van der Waals surface area contributed by atoms with E-state index in [1.807, 2.05) is 0 Å². The van der Waals surface area contributed by atoms with Crippen LogP contribution in [0.25, 0.3) is 0 Å². The maximum absolute atomic E-state index is 10.9. The van der Waals surface area contributed by atoms with Gasteiger partial charge >= 0.3 is 0 Å². The van der Waals surface area contributed by atoms with Crippen molar-refractivity contribution in [3.63, 3.8) is 0 Å². The van der Waals surface area contributed by atoms with Crippen LogP contribution < -0.4 is 0 Å². The van der Waals surface area contributed by atoms with Gasteiger partial charge < -0.3 is 0 Å². The van der Waals surface area contributed by atoms with Crippen molar-refractivity contribution in [2.75, 3.05) is 0 Å². The van der Waals surface area contributed by atoms with Crippen molar-refractivity contribution >= 4 is 5.78 Å². The van der Waals surface area contributed by atoms with Crippen LogP contribution in [-0.2, 0) is 4.79 Å². The Morgan fingerprint density at radius 2 is 1.54 bits per heavy atom. The van der Waals surface area contributed by atoms with Gasteiger partial charge in [0, 0.05) is 12.8 Å². The Kier molecular flexibility index (Phi) is 9.51. The lowest BCUT2D eigenvalue weighted by Gasteiger charge is -1.99. The van der Waals surface area contributed by atoms with E-state index in [0.717, 1.165) is 12.8 Å². The molecule has 0 bridgehead atoms. The fourth-order valence-corrected chi connectivity index (χ4v) is 1.40. The lowest BCUT2D eigenvalue weighted by atomic mass is 10.1. The van der Waals surface area contributed by atoms with E-state index in [0.29, 0.717) is 12.2 Å². The van der Waals surface area contributed by atoms with E-state index in [4.69, 9.17) is 0 Å². The van der Waals surface area contributed by atoms with E-state index in [9.17, 15) is 4.79 Å². The van der Waals surface area contributed by atoms with Crippen molar-refractivity contribution in [1.29, 1.82) is 0 Å². The highest BCUT2D eigenvalue weighted by molar-refractivity contribution is 5.78. The fourth-order valence-electron chi connectivity index (χ4n) is 1.40. The van der Waals surface area contributed by atoms with Crippen molar-refractivity contribution in [1.82, 2.24) is 0 Å². The Balaban J connectivity index is 2.95. The van der Waals surface area contributed by atoms with Crippen LogP contribution >= 0.6 is 0 Å². The maximum Gasteiger partial charge on any atom is 0.132 e. The summed E-state index contributed by atoms with van der Waals surface area (Å²) >= 11 is 0. The number of ketones is 1. The van der Waals surface area contributed by atoms with E-state index < -0.39 is 0 Å². The van der Waals surface area contributed by atoms with Gasteiger partial charge in [-0.25, -0.2) is 0 Å². The van der Waals surface area contributed by atoms with Gasteiger partial charge in [0.2, 0.25) is 0 Å². The number of hydrogen-bond donors (Lipinski definition) is 0. The third kappa shape index (κ3) is 9.59. The molecule has 1 nitrogen and oxygen atoms in total. The van der Waals surface area contributed by atoms with Gasteiger partial charge in [-0.3, -0.25) is 4.79 Å². The predicted octanol–water partition coefficient (Wildman–Crippen LogP) is 3.92. The third-order valence-corrected chi connectivity index (χ3v) is 2.34. The first-order valence-electron chi connectivity index (χ1n) is 5.62. The van der Waals surface area contributed by atoms with Crippen LogP contribution in [0, 0.1) is 6.92 Å². The molecule has 0 rings (SSSR count). The lowest BCUT2D eigenvalue weighted by Crippen LogP contribution is -1.94. The molecule has 0 aliphatic rings. The average molecular weight is 183 g/mol. The predicted molar refractivity (Wildman–Crippen MR) is 57.6 cm³/mol. The molecule has 77 valence electrons. The summed E-state index contributed by atoms with van der Waals surface area (Å²) in [6, 6.07) is 0. The molecule has 0 saturated carbocycles. The smallest absolute Gasteiger partial charge is 0.132 e. The topological polar surface area (TPSA) is 17.1 Å². The number of unbranched alkanes of at least 4 members (excludes halogenated alkanes) is 6. The van der Waals surface area contributed by atoms with Crippen LogP contribution in [0.15, 0.2) is 0 Å². The van der Waals surface area contributed by atoms with Crippen molar-refractivity contribution in [3.05, 3.63) is 6.92 Å². The van der Waals surface area contributed by atoms with Gasteiger partial charge in [0.1, 0.15) is 5.78 Å². The summed E-state index contributed by atoms with van der Waals surface area (Å²) in [4.78, 5) is 10.9. The van der Waals surface area contributed by atoms with Crippen molar-refractivity contribution < 1.29 is 4.79 Å². The summed E-state index contributed by atoms with van der Waals surface area (Å²) in [5, 5.41) is 0. The summed E-state index contributed by atoms with van der Waals surface area (Å²) in [5.74, 6) is 0.313. The van der Waals surface area contributed by atoms with Crippen LogP contribution in [0.4, 0.5) is 0 Å². The standard InChI is InChI=1S/C12H23O/c1-3-5-6-7-8-9-10-11-12(13)4-2/h2-11H2,1H3. The highest BCUT2D eigenvalue weighted by Gasteiger charge is 1.97. The van der Waals surface area contributed by atoms with Gasteiger partial charge in [0.15, 0.2) is 0 Å². The number of carbonyl (C=O) groups excluding carboxylic acids is 1. The molecule has 0 saturated heterocycles. The zero-order chi connectivity index (χ0) is 9.94. The number of Topliss-reactive ketones (excluding diaryl/α,β-unsaturated/α-hetero) is 1. The molecule has 0 aliphatic heterocycles. The highest BCUT2D eigenvalue weighted by Crippen LogP contribution is 2.08. The molecule has 0 N–H and O–H groups in total. The van der Waals surface area contributed by atoms with Crippen molar-refractivity contribution in [3.8, 4) is 0 Å². The summed E-state index contributed by atoms with van der Waals surface area (Å²) < 4.78 is 0. The van der Waals surface area contributed by atoms with Gasteiger partial charge in [-0.15, -0.1) is 0 Å². The van der Waals surface area contributed by atoms with Crippen LogP contribution in [0.2, 0.25) is 0 Å². The molecule has 0 heterocycles. The second-order valence-electron chi connectivity index (χ2n) is 3.66. The molecular weight excluding hydrogens is 160 g/mol. The van der Waals surface area contributed by atoms with E-state index in [1.165, 1.54) is 38.5 Å². The fraction of sp³-hybridized carbons (Fsp3) is 0.833. The van der Waals surface area contributed by atoms with E-state index >= 15 is 0 Å². The van der Waals surface area contributed by atoms with Crippen LogP contribution in [0.3, 0.4) is 0 Å². The number of rotatable bonds is 9. The van der Waals surface area contributed by atoms with Crippen LogP contribution in [-0.4, -0.2) is 5.78 Å². The third-order valence-electron chi connectivity index (χ3n) is 2.34.